The molecule has 4 rings (SSSR count). The Morgan fingerprint density at radius 3 is 2.50 bits per heavy atom. The van der Waals surface area contributed by atoms with Gasteiger partial charge in [0.25, 0.3) is 0 Å². The molecule has 2 amide bonds. The Kier molecular flexibility index (Phi) is 4.57. The molecule has 1 saturated carbocycles. The fraction of sp³-hybridized carbons (Fsp3) is 0.652. The molecule has 3 N–H and O–H groups in total. The number of carbonyl (C=O) groups excluding carboxylic acids is 2. The van der Waals surface area contributed by atoms with Gasteiger partial charge in [-0.05, 0) is 42.4 Å². The van der Waals surface area contributed by atoms with Crippen molar-refractivity contribution in [1.29, 1.82) is 0 Å². The first-order valence-corrected chi connectivity index (χ1v) is 10.5. The zero-order valence-corrected chi connectivity index (χ0v) is 17.2. The third kappa shape index (κ3) is 2.86. The third-order valence-corrected chi connectivity index (χ3v) is 7.94. The highest BCUT2D eigenvalue weighted by atomic mass is 16.3. The maximum absolute atomic E-state index is 12.0. The Balaban J connectivity index is 1.75. The molecule has 0 heterocycles. The van der Waals surface area contributed by atoms with Crippen LogP contribution in [0.25, 0.3) is 0 Å². The second-order valence-electron chi connectivity index (χ2n) is 9.65. The van der Waals surface area contributed by atoms with E-state index in [1.54, 1.807) is 13.8 Å². The molecule has 0 aliphatic heterocycles. The molecule has 1 fully saturated rings. The van der Waals surface area contributed by atoms with E-state index >= 15 is 0 Å². The molecular formula is C23H32N2O3. The molecule has 0 unspecified atom stereocenters. The summed E-state index contributed by atoms with van der Waals surface area (Å²) in [6.07, 6.45) is 13.0. The Labute approximate surface area is 167 Å². The highest BCUT2D eigenvalue weighted by Gasteiger charge is 2.59. The maximum atomic E-state index is 12.0. The number of rotatable bonds is 2. The summed E-state index contributed by atoms with van der Waals surface area (Å²) in [5.74, 6) is 0.927. The van der Waals surface area contributed by atoms with Crippen LogP contribution in [0, 0.1) is 28.6 Å². The van der Waals surface area contributed by atoms with Crippen molar-refractivity contribution in [1.82, 2.24) is 10.6 Å². The van der Waals surface area contributed by atoms with Crippen molar-refractivity contribution in [2.24, 2.45) is 28.6 Å². The zero-order valence-electron chi connectivity index (χ0n) is 17.2. The van der Waals surface area contributed by atoms with Crippen LogP contribution in [0.4, 0.5) is 0 Å². The van der Waals surface area contributed by atoms with Crippen molar-refractivity contribution in [2.45, 2.75) is 65.1 Å². The van der Waals surface area contributed by atoms with E-state index in [2.05, 4.69) is 48.8 Å². The second-order valence-corrected chi connectivity index (χ2v) is 9.65. The van der Waals surface area contributed by atoms with E-state index in [0.29, 0.717) is 12.3 Å². The van der Waals surface area contributed by atoms with Crippen molar-refractivity contribution in [3.05, 3.63) is 36.0 Å². The molecule has 0 aromatic heterocycles. The molecule has 0 spiro atoms. The zero-order chi connectivity index (χ0) is 20.3. The lowest BCUT2D eigenvalue weighted by molar-refractivity contribution is -0.121. The summed E-state index contributed by atoms with van der Waals surface area (Å²) >= 11 is 0. The molecule has 4 aliphatic rings. The van der Waals surface area contributed by atoms with Gasteiger partial charge in [0, 0.05) is 19.3 Å². The average Bonchev–Trinajstić information content (AvgIpc) is 2.92. The summed E-state index contributed by atoms with van der Waals surface area (Å²) in [5.41, 5.74) is 1.12. The normalized spacial score (nSPS) is 46.1. The molecule has 0 bridgehead atoms. The minimum atomic E-state index is -0.446. The highest BCUT2D eigenvalue weighted by molar-refractivity contribution is 5.74. The smallest absolute Gasteiger partial charge is 0.217 e. The molecule has 0 saturated heterocycles. The lowest BCUT2D eigenvalue weighted by Gasteiger charge is -2.58. The minimum absolute atomic E-state index is 0.000881. The predicted octanol–water partition coefficient (Wildman–Crippen LogP) is 2.48. The van der Waals surface area contributed by atoms with Crippen LogP contribution in [0.5, 0.6) is 0 Å². The number of nitrogens with one attached hydrogen (secondary N) is 2. The van der Waals surface area contributed by atoms with Crippen LogP contribution in [0.1, 0.15) is 47.0 Å². The quantitative estimate of drug-likeness (QED) is 0.640. The van der Waals surface area contributed by atoms with Gasteiger partial charge in [-0.25, -0.2) is 0 Å². The summed E-state index contributed by atoms with van der Waals surface area (Å²) in [7, 11) is 0. The van der Waals surface area contributed by atoms with Gasteiger partial charge in [0.1, 0.15) is 0 Å². The summed E-state index contributed by atoms with van der Waals surface area (Å²) in [6, 6.07) is -0.00883. The predicted molar refractivity (Wildman–Crippen MR) is 108 cm³/mol. The average molecular weight is 385 g/mol. The molecule has 8 atom stereocenters. The van der Waals surface area contributed by atoms with E-state index in [-0.39, 0.29) is 46.6 Å². The van der Waals surface area contributed by atoms with E-state index in [4.69, 9.17) is 0 Å². The number of hydrogen-bond donors (Lipinski definition) is 3. The first-order chi connectivity index (χ1) is 13.1. The molecule has 5 nitrogen and oxygen atoms in total. The fourth-order valence-corrected chi connectivity index (χ4v) is 6.52. The van der Waals surface area contributed by atoms with Crippen LogP contribution in [0.15, 0.2) is 36.0 Å². The van der Waals surface area contributed by atoms with Gasteiger partial charge >= 0.3 is 0 Å². The lowest BCUT2D eigenvalue weighted by Crippen LogP contribution is -2.59. The lowest BCUT2D eigenvalue weighted by atomic mass is 9.47. The first-order valence-electron chi connectivity index (χ1n) is 10.5. The number of hydrogen-bond acceptors (Lipinski definition) is 3. The number of fused-ring (bicyclic) bond motifs is 5. The summed E-state index contributed by atoms with van der Waals surface area (Å²) in [5, 5.41) is 16.5. The van der Waals surface area contributed by atoms with E-state index < -0.39 is 6.10 Å². The van der Waals surface area contributed by atoms with Gasteiger partial charge in [0.2, 0.25) is 11.8 Å². The first kappa shape index (κ1) is 19.4. The molecular weight excluding hydrogens is 352 g/mol. The molecule has 5 heteroatoms. The molecule has 0 aromatic rings. The number of aliphatic hydroxyl groups is 1. The van der Waals surface area contributed by atoms with Crippen molar-refractivity contribution >= 4 is 11.8 Å². The monoisotopic (exact) mass is 384 g/mol. The van der Waals surface area contributed by atoms with Crippen LogP contribution in [-0.4, -0.2) is 35.1 Å². The topological polar surface area (TPSA) is 78.4 Å². The molecule has 0 radical (unpaired) electrons. The maximum Gasteiger partial charge on any atom is 0.217 e. The number of carbonyl (C=O) groups is 2. The van der Waals surface area contributed by atoms with Crippen LogP contribution >= 0.6 is 0 Å². The summed E-state index contributed by atoms with van der Waals surface area (Å²) in [4.78, 5) is 23.7. The van der Waals surface area contributed by atoms with E-state index in [1.165, 1.54) is 5.57 Å². The van der Waals surface area contributed by atoms with E-state index in [1.807, 2.05) is 6.08 Å². The fourth-order valence-electron chi connectivity index (χ4n) is 6.52. The van der Waals surface area contributed by atoms with Crippen LogP contribution in [-0.2, 0) is 9.59 Å². The van der Waals surface area contributed by atoms with Gasteiger partial charge in [-0.3, -0.25) is 9.59 Å². The van der Waals surface area contributed by atoms with E-state index in [0.717, 1.165) is 12.8 Å². The van der Waals surface area contributed by atoms with Gasteiger partial charge in [-0.2, -0.15) is 0 Å². The van der Waals surface area contributed by atoms with Crippen molar-refractivity contribution in [3.63, 3.8) is 0 Å². The van der Waals surface area contributed by atoms with Gasteiger partial charge in [0.05, 0.1) is 18.2 Å². The Morgan fingerprint density at radius 1 is 1.11 bits per heavy atom. The number of aliphatic hydroxyl groups excluding tert-OH is 1. The number of amides is 2. The Bertz CT molecular complexity index is 785. The SMILES string of the molecule is CC(=O)N[C@H]1C=C2C[C@@H](O)C=C[C@]2(C)[C@H]2CC[C@]3(C)[C@@H](NC(C)=O)C=C[C@H]3[C@H]12. The molecule has 0 aromatic carbocycles. The number of allylic oxidation sites excluding steroid dienone is 2. The van der Waals surface area contributed by atoms with Crippen LogP contribution in [0.3, 0.4) is 0 Å². The van der Waals surface area contributed by atoms with E-state index in [9.17, 15) is 14.7 Å². The minimum Gasteiger partial charge on any atom is -0.389 e. The molecule has 28 heavy (non-hydrogen) atoms. The molecule has 152 valence electrons. The third-order valence-electron chi connectivity index (χ3n) is 7.94. The summed E-state index contributed by atoms with van der Waals surface area (Å²) < 4.78 is 0. The second kappa shape index (κ2) is 6.58. The van der Waals surface area contributed by atoms with Gasteiger partial charge in [0.15, 0.2) is 0 Å². The van der Waals surface area contributed by atoms with Gasteiger partial charge in [-0.15, -0.1) is 0 Å². The Morgan fingerprint density at radius 2 is 1.82 bits per heavy atom. The highest BCUT2D eigenvalue weighted by Crippen LogP contribution is 2.62. The van der Waals surface area contributed by atoms with Gasteiger partial charge in [-0.1, -0.05) is 49.8 Å². The van der Waals surface area contributed by atoms with Crippen LogP contribution in [0.2, 0.25) is 0 Å². The van der Waals surface area contributed by atoms with Crippen LogP contribution < -0.4 is 10.6 Å². The largest absolute Gasteiger partial charge is 0.389 e. The summed E-state index contributed by atoms with van der Waals surface area (Å²) in [6.45, 7) is 7.71. The van der Waals surface area contributed by atoms with Crippen molar-refractivity contribution in [2.75, 3.05) is 0 Å². The Hall–Kier alpha value is -1.88. The van der Waals surface area contributed by atoms with Crippen molar-refractivity contribution < 1.29 is 14.7 Å². The van der Waals surface area contributed by atoms with Crippen molar-refractivity contribution in [3.8, 4) is 0 Å². The molecule has 4 aliphatic carbocycles. The van der Waals surface area contributed by atoms with Gasteiger partial charge < -0.3 is 15.7 Å². The standard InChI is InChI=1S/C23H32N2O3/c1-13(26)24-19-12-15-11-16(28)7-9-22(15,3)18-8-10-23(4)17(21(18)19)5-6-20(23)25-14(2)27/h5-7,9,12,16-21,28H,8,10-11H2,1-4H3,(H,24,26)(H,25,27)/t16-,17-,18-,19-,20-,21-,22-,23-/m0/s1.